The van der Waals surface area contributed by atoms with E-state index in [1.165, 1.54) is 12.0 Å². The summed E-state index contributed by atoms with van der Waals surface area (Å²) in [7, 11) is 2.89. The highest BCUT2D eigenvalue weighted by Crippen LogP contribution is 2.47. The fourth-order valence-electron chi connectivity index (χ4n) is 6.11. The summed E-state index contributed by atoms with van der Waals surface area (Å²) in [4.78, 5) is 59.8. The van der Waals surface area contributed by atoms with Crippen molar-refractivity contribution < 1.29 is 38.1 Å². The van der Waals surface area contributed by atoms with Gasteiger partial charge in [0, 0.05) is 18.0 Å². The van der Waals surface area contributed by atoms with Gasteiger partial charge in [-0.1, -0.05) is 34.1 Å². The SMILES string of the molecule is CCC1CC1(NC(=O)C1CC(Oc2nccc3cc(OC)ccc23)CN1C(=O)C(NC(=O)OC1(C)CC1)C(C)(C)C)C(=O)OC. The van der Waals surface area contributed by atoms with Crippen LogP contribution in [0.15, 0.2) is 30.5 Å². The molecule has 0 spiro atoms. The van der Waals surface area contributed by atoms with Crippen molar-refractivity contribution in [1.29, 1.82) is 0 Å². The van der Waals surface area contributed by atoms with Crippen LogP contribution >= 0.6 is 0 Å². The smallest absolute Gasteiger partial charge is 0.408 e. The van der Waals surface area contributed by atoms with Gasteiger partial charge in [-0.05, 0) is 67.2 Å². The number of nitrogens with one attached hydrogen (secondary N) is 2. The van der Waals surface area contributed by atoms with Crippen molar-refractivity contribution in [2.45, 2.75) is 96.1 Å². The molecule has 1 aromatic heterocycles. The average molecular weight is 625 g/mol. The fraction of sp³-hybridized carbons (Fsp3) is 0.606. The van der Waals surface area contributed by atoms with Crippen LogP contribution in [-0.4, -0.2) is 83.9 Å². The molecule has 244 valence electrons. The molecule has 1 saturated heterocycles. The van der Waals surface area contributed by atoms with E-state index in [0.29, 0.717) is 24.5 Å². The van der Waals surface area contributed by atoms with Crippen LogP contribution in [0.5, 0.6) is 11.6 Å². The Hall–Kier alpha value is -4.09. The second-order valence-corrected chi connectivity index (χ2v) is 13.7. The number of methoxy groups -OCH3 is 2. The van der Waals surface area contributed by atoms with Gasteiger partial charge in [0.15, 0.2) is 0 Å². The van der Waals surface area contributed by atoms with Crippen molar-refractivity contribution in [3.63, 3.8) is 0 Å². The number of fused-ring (bicyclic) bond motifs is 1. The molecule has 5 rings (SSSR count). The molecule has 5 unspecified atom stereocenters. The molecule has 2 saturated carbocycles. The Morgan fingerprint density at radius 1 is 1.13 bits per heavy atom. The number of likely N-dealkylation sites (tertiary alicyclic amines) is 1. The van der Waals surface area contributed by atoms with E-state index in [9.17, 15) is 19.2 Å². The molecule has 0 bridgehead atoms. The number of carbonyl (C=O) groups is 4. The molecule has 2 aromatic rings. The number of ether oxygens (including phenoxy) is 4. The Morgan fingerprint density at radius 3 is 2.47 bits per heavy atom. The summed E-state index contributed by atoms with van der Waals surface area (Å²) >= 11 is 0. The molecule has 2 heterocycles. The second kappa shape index (κ2) is 12.0. The Morgan fingerprint density at radius 2 is 1.87 bits per heavy atom. The first kappa shape index (κ1) is 32.3. The second-order valence-electron chi connectivity index (χ2n) is 13.7. The number of carbonyl (C=O) groups excluding carboxylic acids is 4. The van der Waals surface area contributed by atoms with Gasteiger partial charge >= 0.3 is 12.1 Å². The van der Waals surface area contributed by atoms with Gasteiger partial charge in [-0.2, -0.15) is 0 Å². The molecule has 3 fully saturated rings. The molecule has 0 radical (unpaired) electrons. The highest BCUT2D eigenvalue weighted by Gasteiger charge is 2.62. The number of hydrogen-bond acceptors (Lipinski definition) is 9. The number of amides is 3. The maximum atomic E-state index is 14.3. The minimum absolute atomic E-state index is 0.0640. The largest absolute Gasteiger partial charge is 0.497 e. The summed E-state index contributed by atoms with van der Waals surface area (Å²) in [5.41, 5.74) is -2.37. The standard InChI is InChI=1S/C33H44N4O8/c1-8-20-17-33(20,29(40)43-7)36-26(38)24-16-22(44-27-23-10-9-21(42-6)15-19(23)11-14-34-27)18-37(24)28(39)25(31(2,3)4)35-30(41)45-32(5)12-13-32/h9-11,14-15,20,22,24-25H,8,12-13,16-18H2,1-7H3,(H,35,41)(H,36,38). The average Bonchev–Trinajstić information content (AvgIpc) is 3.87. The van der Waals surface area contributed by atoms with Gasteiger partial charge in [-0.15, -0.1) is 0 Å². The lowest BCUT2D eigenvalue weighted by Crippen LogP contribution is -2.59. The quantitative estimate of drug-likeness (QED) is 0.378. The van der Waals surface area contributed by atoms with E-state index in [1.807, 2.05) is 58.9 Å². The zero-order valence-electron chi connectivity index (χ0n) is 27.1. The van der Waals surface area contributed by atoms with E-state index in [-0.39, 0.29) is 18.9 Å². The van der Waals surface area contributed by atoms with Crippen LogP contribution in [0.4, 0.5) is 4.79 Å². The molecule has 2 aliphatic carbocycles. The van der Waals surface area contributed by atoms with Crippen molar-refractivity contribution in [2.75, 3.05) is 20.8 Å². The maximum Gasteiger partial charge on any atom is 0.408 e. The number of benzene rings is 1. The molecule has 5 atom stereocenters. The third kappa shape index (κ3) is 6.64. The first-order valence-electron chi connectivity index (χ1n) is 15.5. The minimum atomic E-state index is -1.13. The van der Waals surface area contributed by atoms with Gasteiger partial charge in [0.25, 0.3) is 0 Å². The highest BCUT2D eigenvalue weighted by molar-refractivity contribution is 5.96. The van der Waals surface area contributed by atoms with Gasteiger partial charge in [0.1, 0.15) is 35.1 Å². The normalized spacial score (nSPS) is 25.6. The summed E-state index contributed by atoms with van der Waals surface area (Å²) in [5.74, 6) is -0.448. The number of rotatable bonds is 10. The summed E-state index contributed by atoms with van der Waals surface area (Å²) < 4.78 is 22.3. The first-order chi connectivity index (χ1) is 21.2. The molecule has 1 aliphatic heterocycles. The molecular weight excluding hydrogens is 580 g/mol. The molecule has 3 aliphatic rings. The van der Waals surface area contributed by atoms with E-state index in [1.54, 1.807) is 13.3 Å². The number of aromatic nitrogens is 1. The van der Waals surface area contributed by atoms with Crippen molar-refractivity contribution in [3.05, 3.63) is 30.5 Å². The first-order valence-corrected chi connectivity index (χ1v) is 15.5. The summed E-state index contributed by atoms with van der Waals surface area (Å²) in [6, 6.07) is 5.41. The van der Waals surface area contributed by atoms with Crippen LogP contribution in [0.25, 0.3) is 10.8 Å². The molecule has 12 heteroatoms. The minimum Gasteiger partial charge on any atom is -0.497 e. The zero-order chi connectivity index (χ0) is 32.7. The third-order valence-corrected chi connectivity index (χ3v) is 9.22. The summed E-state index contributed by atoms with van der Waals surface area (Å²) in [5, 5.41) is 7.31. The van der Waals surface area contributed by atoms with E-state index < -0.39 is 58.6 Å². The van der Waals surface area contributed by atoms with E-state index in [4.69, 9.17) is 18.9 Å². The van der Waals surface area contributed by atoms with Gasteiger partial charge in [-0.25, -0.2) is 14.6 Å². The lowest BCUT2D eigenvalue weighted by molar-refractivity contribution is -0.148. The lowest BCUT2D eigenvalue weighted by atomic mass is 9.85. The van der Waals surface area contributed by atoms with Gasteiger partial charge in [0.05, 0.1) is 20.8 Å². The van der Waals surface area contributed by atoms with Crippen molar-refractivity contribution >= 4 is 34.6 Å². The monoisotopic (exact) mass is 624 g/mol. The Kier molecular flexibility index (Phi) is 8.63. The molecule has 45 heavy (non-hydrogen) atoms. The van der Waals surface area contributed by atoms with E-state index >= 15 is 0 Å². The molecule has 3 amide bonds. The van der Waals surface area contributed by atoms with Crippen LogP contribution in [0, 0.1) is 11.3 Å². The van der Waals surface area contributed by atoms with E-state index in [2.05, 4.69) is 15.6 Å². The zero-order valence-corrected chi connectivity index (χ0v) is 27.1. The maximum absolute atomic E-state index is 14.3. The number of hydrogen-bond donors (Lipinski definition) is 2. The van der Waals surface area contributed by atoms with Crippen LogP contribution in [0.2, 0.25) is 0 Å². The topological polar surface area (TPSA) is 145 Å². The highest BCUT2D eigenvalue weighted by atomic mass is 16.6. The van der Waals surface area contributed by atoms with Crippen molar-refractivity contribution in [2.24, 2.45) is 11.3 Å². The van der Waals surface area contributed by atoms with Crippen LogP contribution in [0.3, 0.4) is 0 Å². The fourth-order valence-corrected chi connectivity index (χ4v) is 6.11. The van der Waals surface area contributed by atoms with Crippen molar-refractivity contribution in [3.8, 4) is 11.6 Å². The van der Waals surface area contributed by atoms with Crippen LogP contribution in [-0.2, 0) is 23.9 Å². The number of pyridine rings is 1. The van der Waals surface area contributed by atoms with E-state index in [0.717, 1.165) is 23.6 Å². The Bertz CT molecular complexity index is 1480. The predicted octanol–water partition coefficient (Wildman–Crippen LogP) is 3.74. The Balaban J connectivity index is 1.42. The van der Waals surface area contributed by atoms with Gasteiger partial charge < -0.3 is 34.5 Å². The number of esters is 1. The summed E-state index contributed by atoms with van der Waals surface area (Å²) in [6.07, 6.45) is 3.17. The lowest BCUT2D eigenvalue weighted by Gasteiger charge is -2.35. The van der Waals surface area contributed by atoms with Gasteiger partial charge in [0.2, 0.25) is 17.7 Å². The molecule has 12 nitrogen and oxygen atoms in total. The van der Waals surface area contributed by atoms with Crippen molar-refractivity contribution in [1.82, 2.24) is 20.5 Å². The van der Waals surface area contributed by atoms with Gasteiger partial charge in [-0.3, -0.25) is 9.59 Å². The number of alkyl carbamates (subject to hydrolysis) is 1. The third-order valence-electron chi connectivity index (χ3n) is 9.22. The van der Waals surface area contributed by atoms with Crippen LogP contribution in [0.1, 0.15) is 66.7 Å². The Labute approximate surface area is 263 Å². The molecule has 1 aromatic carbocycles. The number of nitrogens with zero attached hydrogens (tertiary/aromatic N) is 2. The molecule has 2 N–H and O–H groups in total. The van der Waals surface area contributed by atoms with Crippen LogP contribution < -0.4 is 20.1 Å². The molecular formula is C33H44N4O8. The summed E-state index contributed by atoms with van der Waals surface area (Å²) in [6.45, 7) is 9.37. The predicted molar refractivity (Wildman–Crippen MR) is 165 cm³/mol.